The quantitative estimate of drug-likeness (QED) is 0.834. The molecular weight excluding hydrogens is 252 g/mol. The molecule has 5 heteroatoms. The largest absolute Gasteiger partial charge is 0.368 e. The highest BCUT2D eigenvalue weighted by molar-refractivity contribution is 5.85. The average molecular weight is 279 g/mol. The van der Waals surface area contributed by atoms with E-state index in [4.69, 9.17) is 10.5 Å². The summed E-state index contributed by atoms with van der Waals surface area (Å²) in [5.74, 6) is 0.574. The maximum atomic E-state index is 12.0. The van der Waals surface area contributed by atoms with E-state index in [9.17, 15) is 4.79 Å². The molecule has 1 rings (SSSR count). The van der Waals surface area contributed by atoms with Crippen molar-refractivity contribution in [1.82, 2.24) is 4.90 Å². The van der Waals surface area contributed by atoms with Crippen LogP contribution in [0.2, 0.25) is 0 Å². The van der Waals surface area contributed by atoms with Crippen molar-refractivity contribution >= 4 is 18.3 Å². The molecule has 0 radical (unpaired) electrons. The normalized spacial score (nSPS) is 21.3. The van der Waals surface area contributed by atoms with Gasteiger partial charge in [-0.25, -0.2) is 0 Å². The van der Waals surface area contributed by atoms with Crippen molar-refractivity contribution in [3.8, 4) is 0 Å². The number of nitrogens with zero attached hydrogens (tertiary/aromatic N) is 1. The summed E-state index contributed by atoms with van der Waals surface area (Å²) in [6, 6.07) is 0.164. The number of halogens is 1. The van der Waals surface area contributed by atoms with E-state index in [1.807, 2.05) is 7.05 Å². The number of hydrogen-bond donors (Lipinski definition) is 1. The van der Waals surface area contributed by atoms with Gasteiger partial charge in [-0.15, -0.1) is 12.4 Å². The fourth-order valence-electron chi connectivity index (χ4n) is 1.97. The van der Waals surface area contributed by atoms with Gasteiger partial charge in [0.15, 0.2) is 0 Å². The maximum absolute atomic E-state index is 12.0. The molecule has 1 fully saturated rings. The molecular formula is C13H27ClN2O2. The lowest BCUT2D eigenvalue weighted by atomic mass is 10.0. The van der Waals surface area contributed by atoms with Crippen LogP contribution in [0.3, 0.4) is 0 Å². The van der Waals surface area contributed by atoms with Crippen LogP contribution in [0, 0.1) is 5.92 Å². The highest BCUT2D eigenvalue weighted by Gasteiger charge is 2.25. The highest BCUT2D eigenvalue weighted by atomic mass is 35.5. The van der Waals surface area contributed by atoms with Crippen LogP contribution in [0.5, 0.6) is 0 Å². The Morgan fingerprint density at radius 3 is 2.61 bits per heavy atom. The second-order valence-corrected chi connectivity index (χ2v) is 5.31. The Labute approximate surface area is 117 Å². The van der Waals surface area contributed by atoms with Crippen molar-refractivity contribution < 1.29 is 9.53 Å². The smallest absolute Gasteiger partial charge is 0.251 e. The van der Waals surface area contributed by atoms with E-state index in [1.165, 1.54) is 0 Å². The lowest BCUT2D eigenvalue weighted by Gasteiger charge is -2.27. The Balaban J connectivity index is 0.00000289. The molecule has 0 bridgehead atoms. The van der Waals surface area contributed by atoms with Crippen molar-refractivity contribution in [1.29, 1.82) is 0 Å². The van der Waals surface area contributed by atoms with Gasteiger partial charge in [-0.1, -0.05) is 13.8 Å². The molecule has 4 nitrogen and oxygen atoms in total. The van der Waals surface area contributed by atoms with Crippen molar-refractivity contribution in [3.63, 3.8) is 0 Å². The molecule has 18 heavy (non-hydrogen) atoms. The molecule has 1 aliphatic heterocycles. The Hall–Kier alpha value is -0.320. The summed E-state index contributed by atoms with van der Waals surface area (Å²) in [6.07, 6.45) is 3.66. The average Bonchev–Trinajstić information content (AvgIpc) is 2.35. The van der Waals surface area contributed by atoms with Crippen LogP contribution < -0.4 is 5.73 Å². The molecule has 0 aromatic rings. The number of nitrogens with two attached hydrogens (primary N) is 1. The molecule has 0 saturated carbocycles. The minimum Gasteiger partial charge on any atom is -0.368 e. The number of carbonyl (C=O) groups excluding carboxylic acids is 1. The molecule has 2 atom stereocenters. The van der Waals surface area contributed by atoms with E-state index in [0.29, 0.717) is 5.92 Å². The van der Waals surface area contributed by atoms with Crippen molar-refractivity contribution in [2.75, 3.05) is 20.2 Å². The zero-order valence-electron chi connectivity index (χ0n) is 11.7. The van der Waals surface area contributed by atoms with Gasteiger partial charge >= 0.3 is 0 Å². The van der Waals surface area contributed by atoms with E-state index in [2.05, 4.69) is 13.8 Å². The lowest BCUT2D eigenvalue weighted by molar-refractivity contribution is -0.145. The summed E-state index contributed by atoms with van der Waals surface area (Å²) >= 11 is 0. The van der Waals surface area contributed by atoms with Gasteiger partial charge in [0, 0.05) is 26.2 Å². The molecule has 1 heterocycles. The highest BCUT2D eigenvalue weighted by Crippen LogP contribution is 2.15. The summed E-state index contributed by atoms with van der Waals surface area (Å²) in [7, 11) is 1.84. The minimum absolute atomic E-state index is 0. The van der Waals surface area contributed by atoms with Gasteiger partial charge in [0.2, 0.25) is 0 Å². The number of likely N-dealkylation sites (N-methyl/N-ethyl adjacent to an activating group) is 1. The van der Waals surface area contributed by atoms with Crippen LogP contribution in [0.4, 0.5) is 0 Å². The van der Waals surface area contributed by atoms with Crippen LogP contribution in [0.1, 0.15) is 39.5 Å². The van der Waals surface area contributed by atoms with E-state index in [-0.39, 0.29) is 30.5 Å². The number of carbonyl (C=O) groups is 1. The SMILES string of the molecule is CC(C)C(N)CCN(C)C(=O)C1CCCCO1.Cl. The molecule has 0 aliphatic carbocycles. The number of rotatable bonds is 5. The van der Waals surface area contributed by atoms with Gasteiger partial charge in [-0.05, 0) is 31.6 Å². The summed E-state index contributed by atoms with van der Waals surface area (Å²) in [5.41, 5.74) is 5.97. The van der Waals surface area contributed by atoms with Gasteiger partial charge in [-0.3, -0.25) is 4.79 Å². The van der Waals surface area contributed by atoms with Crippen molar-refractivity contribution in [3.05, 3.63) is 0 Å². The van der Waals surface area contributed by atoms with Gasteiger partial charge in [0.05, 0.1) is 0 Å². The predicted octanol–water partition coefficient (Wildman–Crippen LogP) is 1.81. The van der Waals surface area contributed by atoms with Crippen LogP contribution in [-0.2, 0) is 9.53 Å². The molecule has 2 unspecified atom stereocenters. The van der Waals surface area contributed by atoms with Gasteiger partial charge < -0.3 is 15.4 Å². The van der Waals surface area contributed by atoms with Gasteiger partial charge in [0.1, 0.15) is 6.10 Å². The third-order valence-electron chi connectivity index (χ3n) is 3.49. The first-order valence-corrected chi connectivity index (χ1v) is 6.64. The Bertz CT molecular complexity index is 243. The summed E-state index contributed by atoms with van der Waals surface area (Å²) < 4.78 is 5.49. The first kappa shape index (κ1) is 17.7. The maximum Gasteiger partial charge on any atom is 0.251 e. The second kappa shape index (κ2) is 8.73. The Morgan fingerprint density at radius 2 is 2.11 bits per heavy atom. The molecule has 0 aromatic carbocycles. The monoisotopic (exact) mass is 278 g/mol. The number of ether oxygens (including phenoxy) is 1. The third kappa shape index (κ3) is 5.55. The fraction of sp³-hybridized carbons (Fsp3) is 0.923. The van der Waals surface area contributed by atoms with E-state index in [1.54, 1.807) is 4.90 Å². The third-order valence-corrected chi connectivity index (χ3v) is 3.49. The molecule has 2 N–H and O–H groups in total. The standard InChI is InChI=1S/C13H26N2O2.ClH/c1-10(2)11(14)7-8-15(3)13(16)12-6-4-5-9-17-12;/h10-12H,4-9,14H2,1-3H3;1H. The van der Waals surface area contributed by atoms with E-state index >= 15 is 0 Å². The zero-order chi connectivity index (χ0) is 12.8. The number of amides is 1. The topological polar surface area (TPSA) is 55.6 Å². The van der Waals surface area contributed by atoms with Gasteiger partial charge in [0.25, 0.3) is 5.91 Å². The fourth-order valence-corrected chi connectivity index (χ4v) is 1.97. The summed E-state index contributed by atoms with van der Waals surface area (Å²) in [6.45, 7) is 5.65. The summed E-state index contributed by atoms with van der Waals surface area (Å²) in [5, 5.41) is 0. The minimum atomic E-state index is -0.218. The summed E-state index contributed by atoms with van der Waals surface area (Å²) in [4.78, 5) is 13.8. The van der Waals surface area contributed by atoms with Crippen LogP contribution in [0.15, 0.2) is 0 Å². The van der Waals surface area contributed by atoms with Gasteiger partial charge in [-0.2, -0.15) is 0 Å². The lowest BCUT2D eigenvalue weighted by Crippen LogP contribution is -2.42. The molecule has 108 valence electrons. The first-order chi connectivity index (χ1) is 8.02. The molecule has 1 amide bonds. The van der Waals surface area contributed by atoms with Crippen molar-refractivity contribution in [2.45, 2.75) is 51.7 Å². The molecule has 1 saturated heterocycles. The van der Waals surface area contributed by atoms with Crippen molar-refractivity contribution in [2.24, 2.45) is 11.7 Å². The molecule has 1 aliphatic rings. The second-order valence-electron chi connectivity index (χ2n) is 5.31. The van der Waals surface area contributed by atoms with Crippen LogP contribution in [0.25, 0.3) is 0 Å². The Morgan fingerprint density at radius 1 is 1.44 bits per heavy atom. The predicted molar refractivity (Wildman–Crippen MR) is 75.9 cm³/mol. The van der Waals surface area contributed by atoms with Crippen LogP contribution in [-0.4, -0.2) is 43.2 Å². The van der Waals surface area contributed by atoms with E-state index in [0.717, 1.165) is 38.8 Å². The molecule has 0 spiro atoms. The molecule has 0 aromatic heterocycles. The number of hydrogen-bond acceptors (Lipinski definition) is 3. The Kier molecular flexibility index (Phi) is 8.57. The zero-order valence-corrected chi connectivity index (χ0v) is 12.5. The van der Waals surface area contributed by atoms with E-state index < -0.39 is 0 Å². The van der Waals surface area contributed by atoms with Crippen LogP contribution >= 0.6 is 12.4 Å². The first-order valence-electron chi connectivity index (χ1n) is 6.64.